The van der Waals surface area contributed by atoms with Gasteiger partial charge in [-0.1, -0.05) is 0 Å². The number of carbonyl (C=O) groups is 2. The van der Waals surface area contributed by atoms with Gasteiger partial charge in [-0.2, -0.15) is 0 Å². The number of carbonyl (C=O) groups excluding carboxylic acids is 2. The first-order valence-electron chi connectivity index (χ1n) is 9.26. The molecular formula is C21H21FN2O3S. The molecule has 2 aliphatic rings. The van der Waals surface area contributed by atoms with Gasteiger partial charge in [0, 0.05) is 17.4 Å². The third-order valence-corrected chi connectivity index (χ3v) is 5.90. The third kappa shape index (κ3) is 3.71. The molecule has 28 heavy (non-hydrogen) atoms. The van der Waals surface area contributed by atoms with Gasteiger partial charge in [-0.05, 0) is 80.4 Å². The molecule has 7 heteroatoms. The highest BCUT2D eigenvalue weighted by Gasteiger charge is 2.35. The molecule has 146 valence electrons. The lowest BCUT2D eigenvalue weighted by atomic mass is 10.2. The Morgan fingerprint density at radius 1 is 1.21 bits per heavy atom. The van der Waals surface area contributed by atoms with Gasteiger partial charge in [-0.3, -0.25) is 14.5 Å². The fraction of sp³-hybridized carbons (Fsp3) is 0.333. The molecule has 5 nitrogen and oxygen atoms in total. The minimum absolute atomic E-state index is 0.153. The predicted molar refractivity (Wildman–Crippen MR) is 107 cm³/mol. The average Bonchev–Trinajstić information content (AvgIpc) is 3.40. The summed E-state index contributed by atoms with van der Waals surface area (Å²) in [7, 11) is 0. The van der Waals surface area contributed by atoms with Gasteiger partial charge in [-0.25, -0.2) is 4.39 Å². The molecule has 1 saturated carbocycles. The lowest BCUT2D eigenvalue weighted by molar-refractivity contribution is -0.123. The van der Waals surface area contributed by atoms with E-state index in [4.69, 9.17) is 4.74 Å². The minimum Gasteiger partial charge on any atom is -0.492 e. The fourth-order valence-corrected chi connectivity index (χ4v) is 4.32. The summed E-state index contributed by atoms with van der Waals surface area (Å²) in [4.78, 5) is 26.6. The van der Waals surface area contributed by atoms with Gasteiger partial charge in [0.05, 0.1) is 11.4 Å². The molecule has 0 radical (unpaired) electrons. The van der Waals surface area contributed by atoms with Crippen molar-refractivity contribution in [1.29, 1.82) is 0 Å². The Morgan fingerprint density at radius 2 is 1.93 bits per heavy atom. The highest BCUT2D eigenvalue weighted by atomic mass is 32.2. The van der Waals surface area contributed by atoms with Crippen LogP contribution in [0.5, 0.6) is 5.75 Å². The van der Waals surface area contributed by atoms with E-state index in [0.717, 1.165) is 23.0 Å². The van der Waals surface area contributed by atoms with Crippen LogP contribution >= 0.6 is 11.8 Å². The molecule has 2 amide bonds. The van der Waals surface area contributed by atoms with Crippen LogP contribution in [-0.4, -0.2) is 33.8 Å². The van der Waals surface area contributed by atoms with Crippen molar-refractivity contribution >= 4 is 29.0 Å². The molecule has 1 aliphatic carbocycles. The molecule has 1 saturated heterocycles. The van der Waals surface area contributed by atoms with Crippen molar-refractivity contribution in [3.63, 3.8) is 0 Å². The Kier molecular flexibility index (Phi) is 5.02. The number of benzene rings is 1. The standard InChI is InChI=1S/C21H21FN2O3S/c1-13-11-15(14(2)24(13)17-5-6-17)12-19-20(25)23(21(26)28-19)9-10-27-18-7-3-16(22)4-8-18/h3-4,7-8,11-12,17H,5-6,9-10H2,1-2H3/b19-12-. The summed E-state index contributed by atoms with van der Waals surface area (Å²) in [5, 5.41) is -0.296. The average molecular weight is 400 g/mol. The maximum Gasteiger partial charge on any atom is 0.293 e. The van der Waals surface area contributed by atoms with Crippen LogP contribution < -0.4 is 4.74 Å². The van der Waals surface area contributed by atoms with E-state index in [1.54, 1.807) is 0 Å². The first-order valence-corrected chi connectivity index (χ1v) is 10.1. The van der Waals surface area contributed by atoms with E-state index in [9.17, 15) is 14.0 Å². The van der Waals surface area contributed by atoms with Gasteiger partial charge in [0.15, 0.2) is 0 Å². The van der Waals surface area contributed by atoms with Gasteiger partial charge in [-0.15, -0.1) is 0 Å². The van der Waals surface area contributed by atoms with E-state index >= 15 is 0 Å². The lowest BCUT2D eigenvalue weighted by Crippen LogP contribution is -2.32. The van der Waals surface area contributed by atoms with Gasteiger partial charge in [0.1, 0.15) is 18.2 Å². The second-order valence-electron chi connectivity index (χ2n) is 7.06. The maximum atomic E-state index is 12.9. The van der Waals surface area contributed by atoms with Crippen LogP contribution in [0.25, 0.3) is 6.08 Å². The number of imide groups is 1. The number of ether oxygens (including phenoxy) is 1. The number of nitrogens with zero attached hydrogens (tertiary/aromatic N) is 2. The number of aryl methyl sites for hydroxylation is 1. The number of aromatic nitrogens is 1. The van der Waals surface area contributed by atoms with Crippen molar-refractivity contribution in [3.8, 4) is 5.75 Å². The molecule has 1 aromatic heterocycles. The zero-order valence-electron chi connectivity index (χ0n) is 15.8. The van der Waals surface area contributed by atoms with Crippen molar-refractivity contribution in [3.05, 3.63) is 58.0 Å². The second kappa shape index (κ2) is 7.47. The van der Waals surface area contributed by atoms with Gasteiger partial charge >= 0.3 is 0 Å². The Labute approximate surface area is 167 Å². The number of amides is 2. The van der Waals surface area contributed by atoms with Gasteiger partial charge < -0.3 is 9.30 Å². The van der Waals surface area contributed by atoms with E-state index in [-0.39, 0.29) is 30.1 Å². The second-order valence-corrected chi connectivity index (χ2v) is 8.06. The number of hydrogen-bond acceptors (Lipinski definition) is 4. The largest absolute Gasteiger partial charge is 0.492 e. The first kappa shape index (κ1) is 18.8. The maximum absolute atomic E-state index is 12.9. The highest BCUT2D eigenvalue weighted by molar-refractivity contribution is 8.18. The molecule has 0 N–H and O–H groups in total. The van der Waals surface area contributed by atoms with E-state index in [1.807, 2.05) is 6.08 Å². The monoisotopic (exact) mass is 400 g/mol. The molecule has 1 aromatic carbocycles. The minimum atomic E-state index is -0.343. The molecule has 0 unspecified atom stereocenters. The van der Waals surface area contributed by atoms with Crippen LogP contribution in [0.3, 0.4) is 0 Å². The van der Waals surface area contributed by atoms with E-state index < -0.39 is 0 Å². The fourth-order valence-electron chi connectivity index (χ4n) is 3.46. The summed E-state index contributed by atoms with van der Waals surface area (Å²) >= 11 is 0.957. The Bertz CT molecular complexity index is 961. The Morgan fingerprint density at radius 3 is 2.61 bits per heavy atom. The van der Waals surface area contributed by atoms with Crippen LogP contribution in [0.4, 0.5) is 9.18 Å². The molecule has 2 aromatic rings. The molecule has 4 rings (SSSR count). The zero-order valence-corrected chi connectivity index (χ0v) is 16.6. The molecule has 1 aliphatic heterocycles. The smallest absolute Gasteiger partial charge is 0.293 e. The van der Waals surface area contributed by atoms with Gasteiger partial charge in [0.25, 0.3) is 11.1 Å². The van der Waals surface area contributed by atoms with E-state index in [1.165, 1.54) is 47.7 Å². The Hall–Kier alpha value is -2.54. The van der Waals surface area contributed by atoms with Crippen molar-refractivity contribution in [2.24, 2.45) is 0 Å². The summed E-state index contributed by atoms with van der Waals surface area (Å²) in [5.41, 5.74) is 3.29. The third-order valence-electron chi connectivity index (χ3n) is 4.99. The van der Waals surface area contributed by atoms with Crippen LogP contribution in [0, 0.1) is 19.7 Å². The highest BCUT2D eigenvalue weighted by Crippen LogP contribution is 2.39. The van der Waals surface area contributed by atoms with Crippen molar-refractivity contribution in [2.45, 2.75) is 32.7 Å². The van der Waals surface area contributed by atoms with Crippen LogP contribution in [0.1, 0.15) is 35.8 Å². The van der Waals surface area contributed by atoms with Crippen molar-refractivity contribution in [2.75, 3.05) is 13.2 Å². The molecule has 0 atom stereocenters. The summed E-state index contributed by atoms with van der Waals surface area (Å²) in [6, 6.07) is 8.27. The molecular weight excluding hydrogens is 379 g/mol. The molecule has 0 spiro atoms. The number of halogens is 1. The Balaban J connectivity index is 1.43. The van der Waals surface area contributed by atoms with Gasteiger partial charge in [0.2, 0.25) is 0 Å². The number of hydrogen-bond donors (Lipinski definition) is 0. The van der Waals surface area contributed by atoms with Crippen molar-refractivity contribution in [1.82, 2.24) is 9.47 Å². The lowest BCUT2D eigenvalue weighted by Gasteiger charge is -2.13. The van der Waals surface area contributed by atoms with Crippen LogP contribution in [-0.2, 0) is 4.79 Å². The summed E-state index contributed by atoms with van der Waals surface area (Å²) in [6.07, 6.45) is 4.20. The SMILES string of the molecule is Cc1cc(/C=C2\SC(=O)N(CCOc3ccc(F)cc3)C2=O)c(C)n1C1CC1. The molecule has 0 bridgehead atoms. The normalized spacial score (nSPS) is 18.4. The summed E-state index contributed by atoms with van der Waals surface area (Å²) < 4.78 is 20.7. The molecule has 2 fully saturated rings. The zero-order chi connectivity index (χ0) is 19.8. The van der Waals surface area contributed by atoms with Crippen molar-refractivity contribution < 1.29 is 18.7 Å². The molecule has 2 heterocycles. The predicted octanol–water partition coefficient (Wildman–Crippen LogP) is 4.69. The number of rotatable bonds is 6. The quantitative estimate of drug-likeness (QED) is 0.660. The topological polar surface area (TPSA) is 51.5 Å². The first-order chi connectivity index (χ1) is 13.4. The van der Waals surface area contributed by atoms with Crippen LogP contribution in [0.2, 0.25) is 0 Å². The number of thioether (sulfide) groups is 1. The van der Waals surface area contributed by atoms with Crippen LogP contribution in [0.15, 0.2) is 35.2 Å². The van der Waals surface area contributed by atoms with E-state index in [2.05, 4.69) is 24.5 Å². The van der Waals surface area contributed by atoms with E-state index in [0.29, 0.717) is 16.7 Å². The summed E-state index contributed by atoms with van der Waals surface area (Å²) in [6.45, 7) is 4.44. The summed E-state index contributed by atoms with van der Waals surface area (Å²) in [5.74, 6) is -0.144.